The van der Waals surface area contributed by atoms with Crippen LogP contribution in [0.25, 0.3) is 0 Å². The van der Waals surface area contributed by atoms with Crippen LogP contribution in [-0.4, -0.2) is 24.3 Å². The molecule has 1 aliphatic heterocycles. The first-order valence-electron chi connectivity index (χ1n) is 6.35. The standard InChI is InChI=1S/C15H20O3/c1-10(2)13(14(16)17)15(8-18-9-15)12-7-5-4-6-11(12)3/h4-7,10,13H,8-9H2,1-3H3,(H,16,17). The van der Waals surface area contributed by atoms with Gasteiger partial charge in [-0.2, -0.15) is 0 Å². The Morgan fingerprint density at radius 1 is 1.33 bits per heavy atom. The molecular weight excluding hydrogens is 228 g/mol. The number of aliphatic carboxylic acids is 1. The van der Waals surface area contributed by atoms with E-state index in [1.165, 1.54) is 0 Å². The zero-order valence-electron chi connectivity index (χ0n) is 11.1. The minimum atomic E-state index is -0.725. The molecule has 1 unspecified atom stereocenters. The van der Waals surface area contributed by atoms with E-state index in [0.717, 1.165) is 11.1 Å². The van der Waals surface area contributed by atoms with Crippen molar-refractivity contribution in [2.45, 2.75) is 26.2 Å². The summed E-state index contributed by atoms with van der Waals surface area (Å²) in [5, 5.41) is 9.54. The number of hydrogen-bond acceptors (Lipinski definition) is 2. The third kappa shape index (κ3) is 1.93. The fraction of sp³-hybridized carbons (Fsp3) is 0.533. The molecule has 2 rings (SSSR count). The number of carboxylic acid groups (broad SMARTS) is 1. The number of ether oxygens (including phenoxy) is 1. The minimum Gasteiger partial charge on any atom is -0.481 e. The highest BCUT2D eigenvalue weighted by Gasteiger charge is 2.52. The van der Waals surface area contributed by atoms with Crippen molar-refractivity contribution in [1.29, 1.82) is 0 Å². The van der Waals surface area contributed by atoms with Gasteiger partial charge in [-0.1, -0.05) is 38.1 Å². The average molecular weight is 248 g/mol. The number of aryl methyl sites for hydroxylation is 1. The Labute approximate surface area is 108 Å². The third-order valence-corrected chi connectivity index (χ3v) is 3.93. The van der Waals surface area contributed by atoms with Gasteiger partial charge in [0.15, 0.2) is 0 Å². The second-order valence-electron chi connectivity index (χ2n) is 5.52. The summed E-state index contributed by atoms with van der Waals surface area (Å²) in [5.74, 6) is -1.03. The van der Waals surface area contributed by atoms with Crippen LogP contribution in [0.1, 0.15) is 25.0 Å². The molecule has 0 spiro atoms. The zero-order chi connectivity index (χ0) is 13.3. The van der Waals surface area contributed by atoms with Gasteiger partial charge in [-0.25, -0.2) is 0 Å². The number of rotatable bonds is 4. The van der Waals surface area contributed by atoms with Crippen molar-refractivity contribution in [3.05, 3.63) is 35.4 Å². The van der Waals surface area contributed by atoms with Gasteiger partial charge in [-0.15, -0.1) is 0 Å². The summed E-state index contributed by atoms with van der Waals surface area (Å²) < 4.78 is 5.37. The van der Waals surface area contributed by atoms with Gasteiger partial charge in [0.25, 0.3) is 0 Å². The van der Waals surface area contributed by atoms with E-state index >= 15 is 0 Å². The Balaban J connectivity index is 2.48. The van der Waals surface area contributed by atoms with Crippen molar-refractivity contribution >= 4 is 5.97 Å². The summed E-state index contributed by atoms with van der Waals surface area (Å²) in [4.78, 5) is 11.6. The Kier molecular flexibility index (Phi) is 3.44. The lowest BCUT2D eigenvalue weighted by atomic mass is 9.63. The van der Waals surface area contributed by atoms with Gasteiger partial charge < -0.3 is 9.84 Å². The number of hydrogen-bond donors (Lipinski definition) is 1. The highest BCUT2D eigenvalue weighted by atomic mass is 16.5. The lowest BCUT2D eigenvalue weighted by Gasteiger charge is -2.48. The first kappa shape index (κ1) is 13.1. The van der Waals surface area contributed by atoms with Gasteiger partial charge >= 0.3 is 5.97 Å². The van der Waals surface area contributed by atoms with Gasteiger partial charge in [-0.05, 0) is 24.0 Å². The van der Waals surface area contributed by atoms with E-state index in [4.69, 9.17) is 4.74 Å². The van der Waals surface area contributed by atoms with Gasteiger partial charge in [0.05, 0.1) is 24.5 Å². The van der Waals surface area contributed by atoms with Crippen LogP contribution >= 0.6 is 0 Å². The van der Waals surface area contributed by atoms with Crippen LogP contribution in [0.4, 0.5) is 0 Å². The first-order valence-corrected chi connectivity index (χ1v) is 6.35. The van der Waals surface area contributed by atoms with E-state index in [-0.39, 0.29) is 11.3 Å². The van der Waals surface area contributed by atoms with Gasteiger partial charge in [-0.3, -0.25) is 4.79 Å². The molecule has 0 saturated carbocycles. The van der Waals surface area contributed by atoms with Crippen molar-refractivity contribution in [3.63, 3.8) is 0 Å². The smallest absolute Gasteiger partial charge is 0.307 e. The van der Waals surface area contributed by atoms with Crippen LogP contribution < -0.4 is 0 Å². The van der Waals surface area contributed by atoms with Gasteiger partial charge in [0, 0.05) is 0 Å². The van der Waals surface area contributed by atoms with E-state index in [1.54, 1.807) is 0 Å². The third-order valence-electron chi connectivity index (χ3n) is 3.93. The first-order chi connectivity index (χ1) is 8.49. The van der Waals surface area contributed by atoms with E-state index in [1.807, 2.05) is 45.0 Å². The summed E-state index contributed by atoms with van der Waals surface area (Å²) in [7, 11) is 0. The van der Waals surface area contributed by atoms with E-state index < -0.39 is 11.9 Å². The lowest BCUT2D eigenvalue weighted by Crippen LogP contribution is -2.56. The molecule has 3 heteroatoms. The number of carboxylic acids is 1. The Hall–Kier alpha value is -1.35. The molecule has 0 aliphatic carbocycles. The maximum absolute atomic E-state index is 11.6. The van der Waals surface area contributed by atoms with E-state index in [0.29, 0.717) is 13.2 Å². The molecule has 3 nitrogen and oxygen atoms in total. The highest BCUT2D eigenvalue weighted by molar-refractivity contribution is 5.73. The fourth-order valence-electron chi connectivity index (χ4n) is 3.12. The quantitative estimate of drug-likeness (QED) is 0.891. The molecule has 0 amide bonds. The molecule has 1 aromatic carbocycles. The second kappa shape index (κ2) is 4.73. The fourth-order valence-corrected chi connectivity index (χ4v) is 3.12. The summed E-state index contributed by atoms with van der Waals surface area (Å²) in [6.45, 7) is 6.99. The number of carbonyl (C=O) groups is 1. The maximum atomic E-state index is 11.6. The van der Waals surface area contributed by atoms with Crippen LogP contribution in [0.2, 0.25) is 0 Å². The molecule has 0 aromatic heterocycles. The molecule has 1 atom stereocenters. The molecule has 1 fully saturated rings. The van der Waals surface area contributed by atoms with Gasteiger partial charge in [0.2, 0.25) is 0 Å². The second-order valence-corrected chi connectivity index (χ2v) is 5.52. The molecule has 1 heterocycles. The van der Waals surface area contributed by atoms with Crippen LogP contribution in [0.15, 0.2) is 24.3 Å². The molecule has 98 valence electrons. The summed E-state index contributed by atoms with van der Waals surface area (Å²) in [5.41, 5.74) is 1.91. The predicted octanol–water partition coefficient (Wildman–Crippen LogP) is 2.62. The monoisotopic (exact) mass is 248 g/mol. The van der Waals surface area contributed by atoms with Crippen LogP contribution in [0.5, 0.6) is 0 Å². The summed E-state index contributed by atoms with van der Waals surface area (Å²) >= 11 is 0. The van der Waals surface area contributed by atoms with Crippen molar-refractivity contribution in [2.75, 3.05) is 13.2 Å². The lowest BCUT2D eigenvalue weighted by molar-refractivity contribution is -0.161. The molecule has 1 N–H and O–H groups in total. The van der Waals surface area contributed by atoms with Crippen molar-refractivity contribution < 1.29 is 14.6 Å². The van der Waals surface area contributed by atoms with Gasteiger partial charge in [0.1, 0.15) is 0 Å². The molecular formula is C15H20O3. The molecule has 1 aliphatic rings. The van der Waals surface area contributed by atoms with E-state index in [2.05, 4.69) is 0 Å². The SMILES string of the molecule is Cc1ccccc1C1(C(C(=O)O)C(C)C)COC1. The Morgan fingerprint density at radius 2 is 1.94 bits per heavy atom. The Morgan fingerprint density at radius 3 is 2.33 bits per heavy atom. The molecule has 1 saturated heterocycles. The molecule has 0 bridgehead atoms. The largest absolute Gasteiger partial charge is 0.481 e. The average Bonchev–Trinajstić information content (AvgIpc) is 2.23. The predicted molar refractivity (Wildman–Crippen MR) is 69.6 cm³/mol. The van der Waals surface area contributed by atoms with Crippen LogP contribution in [0, 0.1) is 18.8 Å². The van der Waals surface area contributed by atoms with Crippen molar-refractivity contribution in [2.24, 2.45) is 11.8 Å². The van der Waals surface area contributed by atoms with Crippen molar-refractivity contribution in [1.82, 2.24) is 0 Å². The van der Waals surface area contributed by atoms with Crippen molar-refractivity contribution in [3.8, 4) is 0 Å². The molecule has 0 radical (unpaired) electrons. The highest BCUT2D eigenvalue weighted by Crippen LogP contribution is 2.44. The topological polar surface area (TPSA) is 46.5 Å². The summed E-state index contributed by atoms with van der Waals surface area (Å²) in [6.07, 6.45) is 0. The number of benzene rings is 1. The summed E-state index contributed by atoms with van der Waals surface area (Å²) in [6, 6.07) is 8.03. The zero-order valence-corrected chi connectivity index (χ0v) is 11.1. The maximum Gasteiger partial charge on any atom is 0.307 e. The Bertz CT molecular complexity index is 447. The van der Waals surface area contributed by atoms with Crippen LogP contribution in [-0.2, 0) is 14.9 Å². The van der Waals surface area contributed by atoms with Crippen LogP contribution in [0.3, 0.4) is 0 Å². The normalized spacial score (nSPS) is 19.3. The molecule has 1 aromatic rings. The molecule has 18 heavy (non-hydrogen) atoms. The van der Waals surface area contributed by atoms with E-state index in [9.17, 15) is 9.90 Å². The minimum absolute atomic E-state index is 0.0889.